The van der Waals surface area contributed by atoms with E-state index in [0.717, 1.165) is 18.2 Å². The van der Waals surface area contributed by atoms with Crippen molar-refractivity contribution in [3.05, 3.63) is 18.6 Å². The number of hydrogen-bond donors (Lipinski definition) is 1. The SMILES string of the molecule is ClCC1(CNc2ccncn2)CC1. The zero-order chi connectivity index (χ0) is 9.15. The maximum atomic E-state index is 5.85. The van der Waals surface area contributed by atoms with E-state index in [-0.39, 0.29) is 0 Å². The van der Waals surface area contributed by atoms with Gasteiger partial charge >= 0.3 is 0 Å². The number of anilines is 1. The third-order valence-electron chi connectivity index (χ3n) is 2.47. The number of halogens is 1. The minimum atomic E-state index is 0.340. The van der Waals surface area contributed by atoms with Crippen molar-refractivity contribution in [3.63, 3.8) is 0 Å². The number of nitrogens with zero attached hydrogens (tertiary/aromatic N) is 2. The van der Waals surface area contributed by atoms with Crippen LogP contribution in [0.1, 0.15) is 12.8 Å². The van der Waals surface area contributed by atoms with Gasteiger partial charge in [-0.2, -0.15) is 0 Å². The predicted octanol–water partition coefficient (Wildman–Crippen LogP) is 1.91. The Hall–Kier alpha value is -0.830. The summed E-state index contributed by atoms with van der Waals surface area (Å²) in [5.41, 5.74) is 0.340. The van der Waals surface area contributed by atoms with Crippen molar-refractivity contribution in [2.75, 3.05) is 17.7 Å². The summed E-state index contributed by atoms with van der Waals surface area (Å²) in [6.07, 6.45) is 5.74. The molecule has 0 radical (unpaired) electrons. The lowest BCUT2D eigenvalue weighted by atomic mass is 10.1. The van der Waals surface area contributed by atoms with Crippen LogP contribution in [0.25, 0.3) is 0 Å². The molecule has 0 saturated heterocycles. The molecule has 0 aliphatic heterocycles. The lowest BCUT2D eigenvalue weighted by Gasteiger charge is -2.12. The third kappa shape index (κ3) is 2.10. The lowest BCUT2D eigenvalue weighted by Crippen LogP contribution is -2.17. The second-order valence-corrected chi connectivity index (χ2v) is 3.85. The first-order chi connectivity index (χ1) is 6.35. The van der Waals surface area contributed by atoms with E-state index in [0.29, 0.717) is 5.41 Å². The van der Waals surface area contributed by atoms with Gasteiger partial charge in [-0.1, -0.05) is 0 Å². The van der Waals surface area contributed by atoms with E-state index in [2.05, 4.69) is 15.3 Å². The quantitative estimate of drug-likeness (QED) is 0.750. The largest absolute Gasteiger partial charge is 0.369 e. The summed E-state index contributed by atoms with van der Waals surface area (Å²) in [4.78, 5) is 7.93. The zero-order valence-electron chi connectivity index (χ0n) is 7.33. The topological polar surface area (TPSA) is 37.8 Å². The van der Waals surface area contributed by atoms with E-state index < -0.39 is 0 Å². The minimum Gasteiger partial charge on any atom is -0.369 e. The molecular weight excluding hydrogens is 186 g/mol. The van der Waals surface area contributed by atoms with Gasteiger partial charge in [0, 0.05) is 24.0 Å². The second kappa shape index (κ2) is 3.50. The van der Waals surface area contributed by atoms with Crippen molar-refractivity contribution in [1.82, 2.24) is 9.97 Å². The number of hydrogen-bond acceptors (Lipinski definition) is 3. The fourth-order valence-electron chi connectivity index (χ4n) is 1.21. The van der Waals surface area contributed by atoms with Crippen molar-refractivity contribution in [3.8, 4) is 0 Å². The summed E-state index contributed by atoms with van der Waals surface area (Å²) in [6.45, 7) is 0.924. The summed E-state index contributed by atoms with van der Waals surface area (Å²) in [7, 11) is 0. The number of alkyl halides is 1. The first-order valence-corrected chi connectivity index (χ1v) is 4.94. The first-order valence-electron chi connectivity index (χ1n) is 4.41. The molecule has 1 heterocycles. The Morgan fingerprint density at radius 3 is 2.92 bits per heavy atom. The molecule has 70 valence electrons. The van der Waals surface area contributed by atoms with Crippen LogP contribution in [-0.2, 0) is 0 Å². The lowest BCUT2D eigenvalue weighted by molar-refractivity contribution is 0.617. The molecule has 1 aromatic rings. The van der Waals surface area contributed by atoms with E-state index in [4.69, 9.17) is 11.6 Å². The van der Waals surface area contributed by atoms with Crippen molar-refractivity contribution in [1.29, 1.82) is 0 Å². The maximum Gasteiger partial charge on any atom is 0.129 e. The van der Waals surface area contributed by atoms with Gasteiger partial charge in [-0.15, -0.1) is 11.6 Å². The van der Waals surface area contributed by atoms with Crippen molar-refractivity contribution in [2.24, 2.45) is 5.41 Å². The molecule has 1 aromatic heterocycles. The number of rotatable bonds is 4. The van der Waals surface area contributed by atoms with Crippen LogP contribution in [0.15, 0.2) is 18.6 Å². The minimum absolute atomic E-state index is 0.340. The van der Waals surface area contributed by atoms with Crippen LogP contribution in [0.2, 0.25) is 0 Å². The summed E-state index contributed by atoms with van der Waals surface area (Å²) < 4.78 is 0. The van der Waals surface area contributed by atoms with Crippen LogP contribution < -0.4 is 5.32 Å². The average molecular weight is 198 g/mol. The molecule has 0 atom stereocenters. The molecule has 0 amide bonds. The second-order valence-electron chi connectivity index (χ2n) is 3.58. The van der Waals surface area contributed by atoms with Crippen molar-refractivity contribution < 1.29 is 0 Å². The summed E-state index contributed by atoms with van der Waals surface area (Å²) in [5.74, 6) is 1.62. The fourth-order valence-corrected chi connectivity index (χ4v) is 1.57. The molecule has 4 heteroatoms. The van der Waals surface area contributed by atoms with Crippen LogP contribution >= 0.6 is 11.6 Å². The molecule has 1 saturated carbocycles. The van der Waals surface area contributed by atoms with Gasteiger partial charge in [0.2, 0.25) is 0 Å². The smallest absolute Gasteiger partial charge is 0.129 e. The van der Waals surface area contributed by atoms with E-state index in [1.165, 1.54) is 12.8 Å². The Morgan fingerprint density at radius 1 is 1.54 bits per heavy atom. The van der Waals surface area contributed by atoms with E-state index in [1.54, 1.807) is 12.5 Å². The number of aromatic nitrogens is 2. The molecule has 1 fully saturated rings. The van der Waals surface area contributed by atoms with E-state index in [9.17, 15) is 0 Å². The summed E-state index contributed by atoms with van der Waals surface area (Å²) in [6, 6.07) is 1.87. The molecule has 0 spiro atoms. The zero-order valence-corrected chi connectivity index (χ0v) is 8.09. The van der Waals surface area contributed by atoms with Gasteiger partial charge in [-0.3, -0.25) is 0 Å². The van der Waals surface area contributed by atoms with Crippen LogP contribution in [0.4, 0.5) is 5.82 Å². The highest BCUT2D eigenvalue weighted by molar-refractivity contribution is 6.18. The van der Waals surface area contributed by atoms with Gasteiger partial charge in [-0.05, 0) is 18.9 Å². The molecule has 1 aliphatic carbocycles. The fraction of sp³-hybridized carbons (Fsp3) is 0.556. The molecule has 13 heavy (non-hydrogen) atoms. The summed E-state index contributed by atoms with van der Waals surface area (Å²) >= 11 is 5.85. The van der Waals surface area contributed by atoms with Crippen LogP contribution in [0.5, 0.6) is 0 Å². The van der Waals surface area contributed by atoms with Crippen molar-refractivity contribution in [2.45, 2.75) is 12.8 Å². The highest BCUT2D eigenvalue weighted by Crippen LogP contribution is 2.46. The van der Waals surface area contributed by atoms with E-state index >= 15 is 0 Å². The van der Waals surface area contributed by atoms with Crippen LogP contribution in [-0.4, -0.2) is 22.4 Å². The molecule has 0 unspecified atom stereocenters. The van der Waals surface area contributed by atoms with Crippen LogP contribution in [0, 0.1) is 5.41 Å². The Morgan fingerprint density at radius 2 is 2.38 bits per heavy atom. The van der Waals surface area contributed by atoms with Gasteiger partial charge in [-0.25, -0.2) is 9.97 Å². The van der Waals surface area contributed by atoms with Gasteiger partial charge in [0.1, 0.15) is 12.1 Å². The Kier molecular flexibility index (Phi) is 2.36. The van der Waals surface area contributed by atoms with Gasteiger partial charge in [0.05, 0.1) is 0 Å². The molecule has 1 N–H and O–H groups in total. The average Bonchev–Trinajstić information content (AvgIpc) is 2.97. The Bertz CT molecular complexity index is 271. The molecule has 0 aromatic carbocycles. The maximum absolute atomic E-state index is 5.85. The molecule has 1 aliphatic rings. The predicted molar refractivity (Wildman–Crippen MR) is 52.9 cm³/mol. The highest BCUT2D eigenvalue weighted by Gasteiger charge is 2.41. The summed E-state index contributed by atoms with van der Waals surface area (Å²) in [5, 5.41) is 3.26. The van der Waals surface area contributed by atoms with Gasteiger partial charge in [0.15, 0.2) is 0 Å². The Balaban J connectivity index is 1.86. The van der Waals surface area contributed by atoms with E-state index in [1.807, 2.05) is 6.07 Å². The van der Waals surface area contributed by atoms with Crippen LogP contribution in [0.3, 0.4) is 0 Å². The third-order valence-corrected chi connectivity index (χ3v) is 3.03. The van der Waals surface area contributed by atoms with Gasteiger partial charge < -0.3 is 5.32 Å². The monoisotopic (exact) mass is 197 g/mol. The molecule has 0 bridgehead atoms. The highest BCUT2D eigenvalue weighted by atomic mass is 35.5. The Labute approximate surface area is 82.5 Å². The first kappa shape index (κ1) is 8.75. The number of nitrogens with one attached hydrogen (secondary N) is 1. The van der Waals surface area contributed by atoms with Gasteiger partial charge in [0.25, 0.3) is 0 Å². The molecular formula is C9H12ClN3. The molecule has 2 rings (SSSR count). The van der Waals surface area contributed by atoms with Crippen molar-refractivity contribution >= 4 is 17.4 Å². The molecule has 3 nitrogen and oxygen atoms in total. The standard InChI is InChI=1S/C9H12ClN3/c10-5-9(2-3-9)6-12-8-1-4-11-7-13-8/h1,4,7H,2-3,5-6H2,(H,11,12,13). The normalized spacial score (nSPS) is 18.2.